The molecule has 0 atom stereocenters. The van der Waals surface area contributed by atoms with E-state index in [9.17, 15) is 4.79 Å². The number of hydrogen-bond acceptors (Lipinski definition) is 4. The Balaban J connectivity index is 1.41. The van der Waals surface area contributed by atoms with Crippen molar-refractivity contribution in [3.8, 4) is 11.3 Å². The molecule has 0 spiro atoms. The molecule has 2 aliphatic rings. The fourth-order valence-electron chi connectivity index (χ4n) is 4.33. The number of nitrogens with zero attached hydrogens (tertiary/aromatic N) is 3. The number of allylic oxidation sites excluding steroid dienone is 1. The number of para-hydroxylation sites is 1. The summed E-state index contributed by atoms with van der Waals surface area (Å²) in [4.78, 5) is 24.8. The summed E-state index contributed by atoms with van der Waals surface area (Å²) >= 11 is 0. The lowest BCUT2D eigenvalue weighted by molar-refractivity contribution is -0.111. The second-order valence-corrected chi connectivity index (χ2v) is 9.08. The van der Waals surface area contributed by atoms with Gasteiger partial charge in [0.25, 0.3) is 5.91 Å². The first-order valence-electron chi connectivity index (χ1n) is 10.8. The summed E-state index contributed by atoms with van der Waals surface area (Å²) < 4.78 is 0. The van der Waals surface area contributed by atoms with Crippen LogP contribution in [-0.2, 0) is 11.2 Å². The standard InChI is InChI=1S/C26H26N4O/c1-26(2)13-14-30(17-26)20-10-6-7-18(15-20)23-16-27-22-12-11-21(24(22)29-23)25(31)28-19-8-4-3-5-9-19/h3-11,15-16H,12-14,17H2,1-2H3,(H,28,31). The van der Waals surface area contributed by atoms with Crippen LogP contribution in [0.15, 0.2) is 66.9 Å². The Kier molecular flexibility index (Phi) is 4.81. The quantitative estimate of drug-likeness (QED) is 0.661. The number of fused-ring (bicyclic) bond motifs is 1. The highest BCUT2D eigenvalue weighted by molar-refractivity contribution is 6.25. The minimum atomic E-state index is -0.149. The molecule has 31 heavy (non-hydrogen) atoms. The van der Waals surface area contributed by atoms with Crippen LogP contribution in [0.3, 0.4) is 0 Å². The van der Waals surface area contributed by atoms with Gasteiger partial charge in [-0.15, -0.1) is 0 Å². The largest absolute Gasteiger partial charge is 0.371 e. The van der Waals surface area contributed by atoms with Gasteiger partial charge in [0.15, 0.2) is 0 Å². The van der Waals surface area contributed by atoms with Gasteiger partial charge >= 0.3 is 0 Å². The molecular weight excluding hydrogens is 384 g/mol. The van der Waals surface area contributed by atoms with Crippen LogP contribution >= 0.6 is 0 Å². The molecule has 1 fully saturated rings. The lowest BCUT2D eigenvalue weighted by Gasteiger charge is -2.22. The fourth-order valence-corrected chi connectivity index (χ4v) is 4.33. The maximum absolute atomic E-state index is 12.9. The van der Waals surface area contributed by atoms with Crippen molar-refractivity contribution in [2.45, 2.75) is 26.7 Å². The van der Waals surface area contributed by atoms with E-state index in [2.05, 4.69) is 53.3 Å². The smallest absolute Gasteiger partial charge is 0.257 e. The molecule has 5 nitrogen and oxygen atoms in total. The third kappa shape index (κ3) is 3.96. The average Bonchev–Trinajstić information content (AvgIpc) is 3.37. The van der Waals surface area contributed by atoms with Gasteiger partial charge in [0.05, 0.1) is 28.9 Å². The molecule has 0 bridgehead atoms. The third-order valence-electron chi connectivity index (χ3n) is 6.06. The molecule has 3 aromatic rings. The monoisotopic (exact) mass is 410 g/mol. The van der Waals surface area contributed by atoms with E-state index in [4.69, 9.17) is 4.98 Å². The van der Waals surface area contributed by atoms with Crippen LogP contribution in [0.5, 0.6) is 0 Å². The van der Waals surface area contributed by atoms with Gasteiger partial charge in [-0.1, -0.05) is 50.3 Å². The summed E-state index contributed by atoms with van der Waals surface area (Å²) in [5.41, 5.74) is 6.25. The van der Waals surface area contributed by atoms with Crippen LogP contribution in [0.25, 0.3) is 16.8 Å². The minimum Gasteiger partial charge on any atom is -0.371 e. The van der Waals surface area contributed by atoms with Gasteiger partial charge in [0.1, 0.15) is 0 Å². The van der Waals surface area contributed by atoms with Gasteiger partial charge < -0.3 is 10.2 Å². The van der Waals surface area contributed by atoms with Crippen molar-refractivity contribution in [2.75, 3.05) is 23.3 Å². The van der Waals surface area contributed by atoms with Crippen LogP contribution in [0.1, 0.15) is 31.7 Å². The highest BCUT2D eigenvalue weighted by Crippen LogP contribution is 2.34. The molecule has 1 aliphatic heterocycles. The predicted octanol–water partition coefficient (Wildman–Crippen LogP) is 4.96. The van der Waals surface area contributed by atoms with E-state index < -0.39 is 0 Å². The first-order valence-corrected chi connectivity index (χ1v) is 10.8. The fraction of sp³-hybridized carbons (Fsp3) is 0.269. The Morgan fingerprint density at radius 3 is 2.71 bits per heavy atom. The zero-order chi connectivity index (χ0) is 21.4. The van der Waals surface area contributed by atoms with Crippen LogP contribution in [0.2, 0.25) is 0 Å². The molecule has 0 unspecified atom stereocenters. The van der Waals surface area contributed by atoms with E-state index in [1.165, 1.54) is 12.1 Å². The number of carbonyl (C=O) groups excluding carboxylic acids is 1. The molecule has 1 amide bonds. The van der Waals surface area contributed by atoms with Crippen molar-refractivity contribution in [1.82, 2.24) is 9.97 Å². The number of anilines is 2. The van der Waals surface area contributed by atoms with E-state index in [0.717, 1.165) is 35.7 Å². The Morgan fingerprint density at radius 2 is 1.94 bits per heavy atom. The predicted molar refractivity (Wildman–Crippen MR) is 125 cm³/mol. The van der Waals surface area contributed by atoms with Gasteiger partial charge in [-0.25, -0.2) is 4.98 Å². The molecule has 1 N–H and O–H groups in total. The normalized spacial score (nSPS) is 16.7. The van der Waals surface area contributed by atoms with Crippen molar-refractivity contribution in [2.24, 2.45) is 5.41 Å². The van der Waals surface area contributed by atoms with Crippen LogP contribution in [0, 0.1) is 5.41 Å². The van der Waals surface area contributed by atoms with Crippen molar-refractivity contribution < 1.29 is 4.79 Å². The first-order chi connectivity index (χ1) is 15.0. The van der Waals surface area contributed by atoms with Gasteiger partial charge in [-0.2, -0.15) is 0 Å². The number of rotatable bonds is 4. The van der Waals surface area contributed by atoms with E-state index in [1.807, 2.05) is 42.6 Å². The number of hydrogen-bond donors (Lipinski definition) is 1. The van der Waals surface area contributed by atoms with Crippen LogP contribution < -0.4 is 10.2 Å². The van der Waals surface area contributed by atoms with E-state index in [-0.39, 0.29) is 5.91 Å². The third-order valence-corrected chi connectivity index (χ3v) is 6.06. The number of benzene rings is 2. The molecule has 1 aliphatic carbocycles. The summed E-state index contributed by atoms with van der Waals surface area (Å²) in [6, 6.07) is 18.0. The zero-order valence-electron chi connectivity index (χ0n) is 17.9. The van der Waals surface area contributed by atoms with Crippen molar-refractivity contribution in [1.29, 1.82) is 0 Å². The van der Waals surface area contributed by atoms with E-state index in [1.54, 1.807) is 0 Å². The minimum absolute atomic E-state index is 0.149. The van der Waals surface area contributed by atoms with Gasteiger partial charge in [-0.05, 0) is 36.1 Å². The molecule has 0 radical (unpaired) electrons. The zero-order valence-corrected chi connectivity index (χ0v) is 17.9. The molecule has 2 heterocycles. The molecule has 5 heteroatoms. The Hall–Kier alpha value is -3.47. The number of carbonyl (C=O) groups is 1. The highest BCUT2D eigenvalue weighted by Gasteiger charge is 2.29. The van der Waals surface area contributed by atoms with E-state index >= 15 is 0 Å². The van der Waals surface area contributed by atoms with Crippen LogP contribution in [0.4, 0.5) is 11.4 Å². The maximum Gasteiger partial charge on any atom is 0.257 e. The van der Waals surface area contributed by atoms with Gasteiger partial charge in [0.2, 0.25) is 0 Å². The van der Waals surface area contributed by atoms with Crippen molar-refractivity contribution in [3.05, 3.63) is 78.3 Å². The summed E-state index contributed by atoms with van der Waals surface area (Å²) in [6.07, 6.45) is 5.55. The Labute approximate surface area is 182 Å². The van der Waals surface area contributed by atoms with Crippen molar-refractivity contribution in [3.63, 3.8) is 0 Å². The summed E-state index contributed by atoms with van der Waals surface area (Å²) in [6.45, 7) is 6.76. The van der Waals surface area contributed by atoms with Gasteiger partial charge in [0, 0.05) is 36.4 Å². The molecule has 1 aromatic heterocycles. The number of amides is 1. The highest BCUT2D eigenvalue weighted by atomic mass is 16.1. The molecule has 0 saturated carbocycles. The van der Waals surface area contributed by atoms with Crippen LogP contribution in [-0.4, -0.2) is 29.0 Å². The maximum atomic E-state index is 12.9. The number of nitrogens with one attached hydrogen (secondary N) is 1. The SMILES string of the molecule is CC1(C)CCN(c2cccc(-c3cnc4c(n3)C(C(=O)Nc3ccccc3)=CC4)c2)C1. The second-order valence-electron chi connectivity index (χ2n) is 9.08. The Bertz CT molecular complexity index is 1170. The number of aromatic nitrogens is 2. The topological polar surface area (TPSA) is 58.1 Å². The van der Waals surface area contributed by atoms with Gasteiger partial charge in [-0.3, -0.25) is 9.78 Å². The summed E-state index contributed by atoms with van der Waals surface area (Å²) in [5, 5.41) is 2.96. The molecule has 1 saturated heterocycles. The molecule has 2 aromatic carbocycles. The van der Waals surface area contributed by atoms with Crippen molar-refractivity contribution >= 4 is 22.9 Å². The Morgan fingerprint density at radius 1 is 1.10 bits per heavy atom. The van der Waals surface area contributed by atoms with E-state index in [0.29, 0.717) is 23.1 Å². The lowest BCUT2D eigenvalue weighted by atomic mass is 9.93. The molecule has 156 valence electrons. The summed E-state index contributed by atoms with van der Waals surface area (Å²) in [7, 11) is 0. The first kappa shape index (κ1) is 19.5. The average molecular weight is 411 g/mol. The lowest BCUT2D eigenvalue weighted by Crippen LogP contribution is -2.22. The molecular formula is C26H26N4O. The molecule has 5 rings (SSSR count). The second kappa shape index (κ2) is 7.65. The summed E-state index contributed by atoms with van der Waals surface area (Å²) in [5.74, 6) is -0.149.